The van der Waals surface area contributed by atoms with Crippen molar-refractivity contribution in [1.82, 2.24) is 15.1 Å². The maximum Gasteiger partial charge on any atom is 0.0639 e. The largest absolute Gasteiger partial charge is 0.292 e. The number of halogens is 1. The summed E-state index contributed by atoms with van der Waals surface area (Å²) in [5.41, 5.74) is 4.86. The Kier molecular flexibility index (Phi) is 3.81. The number of hydrogen-bond acceptors (Lipinski definition) is 2. The molecule has 0 amide bonds. The lowest BCUT2D eigenvalue weighted by molar-refractivity contribution is 0.247. The summed E-state index contributed by atoms with van der Waals surface area (Å²) in [7, 11) is 0. The van der Waals surface area contributed by atoms with Crippen molar-refractivity contribution in [3.63, 3.8) is 0 Å². The summed E-state index contributed by atoms with van der Waals surface area (Å²) >= 11 is 6.37. The van der Waals surface area contributed by atoms with E-state index < -0.39 is 0 Å². The highest BCUT2D eigenvalue weighted by atomic mass is 35.5. The molecule has 1 aliphatic rings. The lowest BCUT2D eigenvalue weighted by Gasteiger charge is -2.25. The van der Waals surface area contributed by atoms with Crippen molar-refractivity contribution < 1.29 is 0 Å². The number of nitrogens with one attached hydrogen (secondary N) is 1. The first-order valence-electron chi connectivity index (χ1n) is 7.15. The summed E-state index contributed by atoms with van der Waals surface area (Å²) in [5.74, 6) is 0. The summed E-state index contributed by atoms with van der Waals surface area (Å²) in [5, 5.41) is 8.25. The molecule has 0 saturated carbocycles. The van der Waals surface area contributed by atoms with Crippen molar-refractivity contribution in [3.05, 3.63) is 51.8 Å². The van der Waals surface area contributed by atoms with Gasteiger partial charge in [0.05, 0.1) is 5.69 Å². The second-order valence-corrected chi connectivity index (χ2v) is 5.97. The van der Waals surface area contributed by atoms with Crippen LogP contribution < -0.4 is 0 Å². The first kappa shape index (κ1) is 13.7. The minimum atomic E-state index is 0.428. The summed E-state index contributed by atoms with van der Waals surface area (Å²) in [6, 6.07) is 8.64. The van der Waals surface area contributed by atoms with Gasteiger partial charge in [0.2, 0.25) is 0 Å². The molecule has 2 aromatic rings. The fourth-order valence-corrected chi connectivity index (χ4v) is 3.38. The van der Waals surface area contributed by atoms with Crippen LogP contribution in [0.5, 0.6) is 0 Å². The van der Waals surface area contributed by atoms with E-state index in [-0.39, 0.29) is 0 Å². The molecule has 2 heterocycles. The van der Waals surface area contributed by atoms with Gasteiger partial charge in [-0.15, -0.1) is 0 Å². The third-order valence-corrected chi connectivity index (χ3v) is 4.61. The van der Waals surface area contributed by atoms with Crippen molar-refractivity contribution >= 4 is 11.6 Å². The van der Waals surface area contributed by atoms with Gasteiger partial charge < -0.3 is 0 Å². The molecule has 0 aliphatic carbocycles. The predicted octanol–water partition coefficient (Wildman–Crippen LogP) is 4.02. The highest BCUT2D eigenvalue weighted by molar-refractivity contribution is 6.31. The Bertz CT molecular complexity index is 586. The molecule has 20 heavy (non-hydrogen) atoms. The SMILES string of the molecule is Cc1n[nH]c(C)c1CN1CCCC1c1ccccc1Cl. The van der Waals surface area contributed by atoms with Crippen LogP contribution in [0, 0.1) is 13.8 Å². The van der Waals surface area contributed by atoms with Crippen LogP contribution in [0.1, 0.15) is 41.4 Å². The van der Waals surface area contributed by atoms with Crippen LogP contribution in [0.4, 0.5) is 0 Å². The molecule has 3 nitrogen and oxygen atoms in total. The third kappa shape index (κ3) is 2.48. The smallest absolute Gasteiger partial charge is 0.0639 e. The van der Waals surface area contributed by atoms with Crippen LogP contribution in [-0.4, -0.2) is 21.6 Å². The van der Waals surface area contributed by atoms with Gasteiger partial charge in [-0.1, -0.05) is 29.8 Å². The molecule has 106 valence electrons. The van der Waals surface area contributed by atoms with Crippen molar-refractivity contribution in [2.75, 3.05) is 6.54 Å². The van der Waals surface area contributed by atoms with Gasteiger partial charge >= 0.3 is 0 Å². The van der Waals surface area contributed by atoms with Gasteiger partial charge in [-0.3, -0.25) is 10.00 Å². The molecule has 1 saturated heterocycles. The summed E-state index contributed by atoms with van der Waals surface area (Å²) < 4.78 is 0. The van der Waals surface area contributed by atoms with Crippen LogP contribution in [0.25, 0.3) is 0 Å². The Morgan fingerprint density at radius 3 is 2.85 bits per heavy atom. The number of benzene rings is 1. The van der Waals surface area contributed by atoms with Crippen LogP contribution >= 0.6 is 11.6 Å². The average Bonchev–Trinajstić information content (AvgIpc) is 3.01. The highest BCUT2D eigenvalue weighted by Gasteiger charge is 2.28. The van der Waals surface area contributed by atoms with E-state index in [4.69, 9.17) is 11.6 Å². The summed E-state index contributed by atoms with van der Waals surface area (Å²) in [6.45, 7) is 6.24. The van der Waals surface area contributed by atoms with Gasteiger partial charge in [0.15, 0.2) is 0 Å². The van der Waals surface area contributed by atoms with Crippen molar-refractivity contribution in [2.45, 2.75) is 39.3 Å². The Hall–Kier alpha value is -1.32. The van der Waals surface area contributed by atoms with E-state index >= 15 is 0 Å². The van der Waals surface area contributed by atoms with Gasteiger partial charge in [0.1, 0.15) is 0 Å². The number of aromatic nitrogens is 2. The minimum Gasteiger partial charge on any atom is -0.292 e. The Morgan fingerprint density at radius 2 is 2.15 bits per heavy atom. The van der Waals surface area contributed by atoms with E-state index in [2.05, 4.69) is 41.1 Å². The number of aryl methyl sites for hydroxylation is 2. The van der Waals surface area contributed by atoms with Gasteiger partial charge in [0.25, 0.3) is 0 Å². The van der Waals surface area contributed by atoms with E-state index in [1.54, 1.807) is 0 Å². The van der Waals surface area contributed by atoms with Crippen LogP contribution in [-0.2, 0) is 6.54 Å². The van der Waals surface area contributed by atoms with E-state index in [1.807, 2.05) is 12.1 Å². The molecule has 0 radical (unpaired) electrons. The second-order valence-electron chi connectivity index (χ2n) is 5.56. The molecule has 1 unspecified atom stereocenters. The maximum atomic E-state index is 6.37. The number of nitrogens with zero attached hydrogens (tertiary/aromatic N) is 2. The zero-order valence-electron chi connectivity index (χ0n) is 12.0. The van der Waals surface area contributed by atoms with Crippen molar-refractivity contribution in [3.8, 4) is 0 Å². The summed E-state index contributed by atoms with van der Waals surface area (Å²) in [4.78, 5) is 2.52. The van der Waals surface area contributed by atoms with E-state index in [9.17, 15) is 0 Å². The van der Waals surface area contributed by atoms with Crippen molar-refractivity contribution in [1.29, 1.82) is 0 Å². The fourth-order valence-electron chi connectivity index (χ4n) is 3.12. The molecule has 1 N–H and O–H groups in total. The van der Waals surface area contributed by atoms with Crippen LogP contribution in [0.2, 0.25) is 5.02 Å². The van der Waals surface area contributed by atoms with Gasteiger partial charge in [0, 0.05) is 28.9 Å². The molecule has 3 rings (SSSR count). The molecule has 1 aliphatic heterocycles. The lowest BCUT2D eigenvalue weighted by Crippen LogP contribution is -2.23. The molecule has 1 fully saturated rings. The van der Waals surface area contributed by atoms with E-state index in [0.29, 0.717) is 6.04 Å². The average molecular weight is 290 g/mol. The quantitative estimate of drug-likeness (QED) is 0.925. The number of likely N-dealkylation sites (tertiary alicyclic amines) is 1. The zero-order chi connectivity index (χ0) is 14.1. The monoisotopic (exact) mass is 289 g/mol. The maximum absolute atomic E-state index is 6.37. The molecule has 4 heteroatoms. The van der Waals surface area contributed by atoms with E-state index in [0.717, 1.165) is 23.8 Å². The van der Waals surface area contributed by atoms with Gasteiger partial charge in [-0.2, -0.15) is 5.10 Å². The number of hydrogen-bond donors (Lipinski definition) is 1. The fraction of sp³-hybridized carbons (Fsp3) is 0.438. The molecular weight excluding hydrogens is 270 g/mol. The normalized spacial score (nSPS) is 19.6. The Labute approximate surface area is 124 Å². The summed E-state index contributed by atoms with van der Waals surface area (Å²) in [6.07, 6.45) is 2.41. The first-order chi connectivity index (χ1) is 9.66. The van der Waals surface area contributed by atoms with Crippen LogP contribution in [0.3, 0.4) is 0 Å². The third-order valence-electron chi connectivity index (χ3n) is 4.27. The van der Waals surface area contributed by atoms with Crippen molar-refractivity contribution in [2.24, 2.45) is 0 Å². The van der Waals surface area contributed by atoms with Crippen LogP contribution in [0.15, 0.2) is 24.3 Å². The topological polar surface area (TPSA) is 31.9 Å². The molecule has 0 spiro atoms. The van der Waals surface area contributed by atoms with Gasteiger partial charge in [-0.25, -0.2) is 0 Å². The number of aromatic amines is 1. The minimum absolute atomic E-state index is 0.428. The van der Waals surface area contributed by atoms with E-state index in [1.165, 1.54) is 29.7 Å². The Morgan fingerprint density at radius 1 is 1.35 bits per heavy atom. The number of H-pyrrole nitrogens is 1. The molecule has 1 atom stereocenters. The second kappa shape index (κ2) is 5.58. The molecule has 0 bridgehead atoms. The lowest BCUT2D eigenvalue weighted by atomic mass is 10.0. The molecule has 1 aromatic heterocycles. The first-order valence-corrected chi connectivity index (χ1v) is 7.53. The highest BCUT2D eigenvalue weighted by Crippen LogP contribution is 2.36. The predicted molar refractivity (Wildman–Crippen MR) is 81.9 cm³/mol. The number of rotatable bonds is 3. The standard InChI is InChI=1S/C16H20ClN3/c1-11-14(12(2)19-18-11)10-20-9-5-8-16(20)13-6-3-4-7-15(13)17/h3-4,6-7,16H,5,8-10H2,1-2H3,(H,18,19). The Balaban J connectivity index is 1.85. The van der Waals surface area contributed by atoms with Gasteiger partial charge in [-0.05, 0) is 44.9 Å². The molecular formula is C16H20ClN3. The zero-order valence-corrected chi connectivity index (χ0v) is 12.7. The molecule has 1 aromatic carbocycles.